The molecule has 9 nitrogen and oxygen atoms in total. The van der Waals surface area contributed by atoms with Crippen molar-refractivity contribution in [2.45, 2.75) is 72.0 Å². The highest BCUT2D eigenvalue weighted by Gasteiger charge is 2.41. The summed E-state index contributed by atoms with van der Waals surface area (Å²) >= 11 is 0. The van der Waals surface area contributed by atoms with Crippen LogP contribution in [0.3, 0.4) is 0 Å². The second-order valence-corrected chi connectivity index (χ2v) is 11.3. The van der Waals surface area contributed by atoms with Crippen molar-refractivity contribution in [3.05, 3.63) is 47.7 Å². The number of hydrogen-bond donors (Lipinski definition) is 4. The van der Waals surface area contributed by atoms with E-state index in [0.29, 0.717) is 0 Å². The van der Waals surface area contributed by atoms with Crippen LogP contribution in [0.2, 0.25) is 0 Å². The number of amides is 5. The molecule has 0 aromatic heterocycles. The molecule has 0 bridgehead atoms. The van der Waals surface area contributed by atoms with Crippen LogP contribution >= 0.6 is 0 Å². The molecule has 2 rings (SSSR count). The lowest BCUT2D eigenvalue weighted by atomic mass is 9.76. The zero-order chi connectivity index (χ0) is 27.4. The van der Waals surface area contributed by atoms with Gasteiger partial charge in [-0.3, -0.25) is 19.7 Å². The third kappa shape index (κ3) is 6.51. The normalized spacial score (nSPS) is 17.9. The lowest BCUT2D eigenvalue weighted by Gasteiger charge is -2.39. The number of nitrogens with one attached hydrogen (secondary N) is 4. The summed E-state index contributed by atoms with van der Waals surface area (Å²) in [6.07, 6.45) is 1.58. The van der Waals surface area contributed by atoms with Crippen LogP contribution in [0.1, 0.15) is 54.0 Å². The Morgan fingerprint density at radius 2 is 1.56 bits per heavy atom. The molecule has 198 valence electrons. The third-order valence-electron chi connectivity index (χ3n) is 6.73. The van der Waals surface area contributed by atoms with E-state index < -0.39 is 40.9 Å². The number of likely N-dealkylation sites (N-methyl/N-ethyl adjacent to an activating group) is 2. The Morgan fingerprint density at radius 1 is 0.972 bits per heavy atom. The third-order valence-corrected chi connectivity index (χ3v) is 6.73. The zero-order valence-corrected chi connectivity index (χ0v) is 22.9. The summed E-state index contributed by atoms with van der Waals surface area (Å²) in [6.45, 7) is 13.5. The number of imide groups is 1. The van der Waals surface area contributed by atoms with Gasteiger partial charge in [0.25, 0.3) is 5.91 Å². The summed E-state index contributed by atoms with van der Waals surface area (Å²) in [6, 6.07) is 7.26. The molecule has 0 aliphatic carbocycles. The van der Waals surface area contributed by atoms with E-state index in [1.165, 1.54) is 4.90 Å². The summed E-state index contributed by atoms with van der Waals surface area (Å²) in [5.41, 5.74) is -0.0339. The van der Waals surface area contributed by atoms with Gasteiger partial charge in [0.15, 0.2) is 0 Å². The SMILES string of the molecule is CN[C@H](C(=O)N[C@H](C(=O)N(C)[C@H](C=C1NC(=O)NC1=O)C(C)C)C(C)(C)C)C(C)(C)c1ccccc1. The van der Waals surface area contributed by atoms with Crippen LogP contribution in [0, 0.1) is 11.3 Å². The van der Waals surface area contributed by atoms with Crippen molar-refractivity contribution in [1.82, 2.24) is 26.2 Å². The summed E-state index contributed by atoms with van der Waals surface area (Å²) in [7, 11) is 3.38. The Morgan fingerprint density at radius 3 is 2.00 bits per heavy atom. The van der Waals surface area contributed by atoms with Crippen molar-refractivity contribution in [3.8, 4) is 0 Å². The molecule has 1 heterocycles. The summed E-state index contributed by atoms with van der Waals surface area (Å²) in [4.78, 5) is 52.5. The highest BCUT2D eigenvalue weighted by molar-refractivity contribution is 6.11. The number of rotatable bonds is 9. The Balaban J connectivity index is 2.34. The van der Waals surface area contributed by atoms with Crippen molar-refractivity contribution in [1.29, 1.82) is 0 Å². The van der Waals surface area contributed by atoms with Gasteiger partial charge in [0.1, 0.15) is 11.7 Å². The van der Waals surface area contributed by atoms with Crippen LogP contribution in [0.25, 0.3) is 0 Å². The molecule has 1 fully saturated rings. The first-order valence-electron chi connectivity index (χ1n) is 12.2. The van der Waals surface area contributed by atoms with E-state index in [1.54, 1.807) is 20.2 Å². The molecule has 4 N–H and O–H groups in total. The molecule has 36 heavy (non-hydrogen) atoms. The molecule has 1 aliphatic heterocycles. The molecule has 0 spiro atoms. The van der Waals surface area contributed by atoms with Gasteiger partial charge in [0.05, 0.1) is 12.1 Å². The Bertz CT molecular complexity index is 1010. The fraction of sp³-hybridized carbons (Fsp3) is 0.556. The largest absolute Gasteiger partial charge is 0.342 e. The average Bonchev–Trinajstić information content (AvgIpc) is 3.11. The predicted molar refractivity (Wildman–Crippen MR) is 140 cm³/mol. The minimum Gasteiger partial charge on any atom is -0.342 e. The first-order chi connectivity index (χ1) is 16.6. The lowest BCUT2D eigenvalue weighted by molar-refractivity contribution is -0.140. The summed E-state index contributed by atoms with van der Waals surface area (Å²) in [5, 5.41) is 10.8. The van der Waals surface area contributed by atoms with E-state index in [1.807, 2.05) is 78.8 Å². The highest BCUT2D eigenvalue weighted by Crippen LogP contribution is 2.29. The molecule has 1 aromatic rings. The topological polar surface area (TPSA) is 120 Å². The van der Waals surface area contributed by atoms with Crippen LogP contribution in [0.15, 0.2) is 42.1 Å². The standard InChI is InChI=1S/C27H41N5O4/c1-16(2)19(15-18-22(33)31-25(36)29-18)32(9)24(35)21(26(3,4)5)30-23(34)20(28-8)27(6,7)17-13-11-10-12-14-17/h10-16,19-21,28H,1-9H3,(H,30,34)(H2,29,31,33,36)/t19-,20-,21-/m1/s1. The first kappa shape index (κ1) is 29.0. The van der Waals surface area contributed by atoms with Crippen molar-refractivity contribution in [2.75, 3.05) is 14.1 Å². The summed E-state index contributed by atoms with van der Waals surface area (Å²) < 4.78 is 0. The molecule has 1 aliphatic rings. The molecular formula is C27H41N5O4. The van der Waals surface area contributed by atoms with Crippen molar-refractivity contribution < 1.29 is 19.2 Å². The number of nitrogens with zero attached hydrogens (tertiary/aromatic N) is 1. The van der Waals surface area contributed by atoms with Crippen molar-refractivity contribution in [3.63, 3.8) is 0 Å². The fourth-order valence-corrected chi connectivity index (χ4v) is 4.50. The fourth-order valence-electron chi connectivity index (χ4n) is 4.50. The van der Waals surface area contributed by atoms with E-state index in [0.717, 1.165) is 5.56 Å². The van der Waals surface area contributed by atoms with Gasteiger partial charge in [-0.25, -0.2) is 4.79 Å². The van der Waals surface area contributed by atoms with E-state index in [9.17, 15) is 19.2 Å². The maximum absolute atomic E-state index is 13.8. The van der Waals surface area contributed by atoms with Gasteiger partial charge >= 0.3 is 6.03 Å². The van der Waals surface area contributed by atoms with E-state index in [2.05, 4.69) is 21.3 Å². The van der Waals surface area contributed by atoms with Crippen LogP contribution in [0.4, 0.5) is 4.79 Å². The molecule has 3 atom stereocenters. The zero-order valence-electron chi connectivity index (χ0n) is 22.9. The molecule has 9 heteroatoms. The Labute approximate surface area is 214 Å². The van der Waals surface area contributed by atoms with Crippen LogP contribution in [-0.2, 0) is 19.8 Å². The Kier molecular flexibility index (Phi) is 9.07. The van der Waals surface area contributed by atoms with Crippen molar-refractivity contribution in [2.24, 2.45) is 11.3 Å². The van der Waals surface area contributed by atoms with Crippen LogP contribution < -0.4 is 21.3 Å². The van der Waals surface area contributed by atoms with Gasteiger partial charge in [-0.1, -0.05) is 78.8 Å². The van der Waals surface area contributed by atoms with Gasteiger partial charge in [-0.05, 0) is 30.0 Å². The smallest absolute Gasteiger partial charge is 0.326 e. The van der Waals surface area contributed by atoms with Crippen molar-refractivity contribution >= 4 is 23.8 Å². The molecule has 1 aromatic carbocycles. The molecule has 0 saturated carbocycles. The quantitative estimate of drug-likeness (QED) is 0.307. The Hall–Kier alpha value is -3.20. The second-order valence-electron chi connectivity index (χ2n) is 11.3. The molecule has 1 saturated heterocycles. The minimum absolute atomic E-state index is 0.0601. The van der Waals surface area contributed by atoms with E-state index in [4.69, 9.17) is 0 Å². The van der Waals surface area contributed by atoms with E-state index in [-0.39, 0.29) is 23.4 Å². The highest BCUT2D eigenvalue weighted by atomic mass is 16.2. The maximum atomic E-state index is 13.8. The number of carbonyl (C=O) groups excluding carboxylic acids is 4. The molecule has 0 radical (unpaired) electrons. The maximum Gasteiger partial charge on any atom is 0.326 e. The van der Waals surface area contributed by atoms with Gasteiger partial charge in [-0.15, -0.1) is 0 Å². The van der Waals surface area contributed by atoms with Crippen LogP contribution in [0.5, 0.6) is 0 Å². The number of carbonyl (C=O) groups is 4. The monoisotopic (exact) mass is 499 g/mol. The number of benzene rings is 1. The van der Waals surface area contributed by atoms with Gasteiger partial charge in [0.2, 0.25) is 11.8 Å². The van der Waals surface area contributed by atoms with Gasteiger partial charge < -0.3 is 20.9 Å². The second kappa shape index (κ2) is 11.2. The minimum atomic E-state index is -0.830. The first-order valence-corrected chi connectivity index (χ1v) is 12.2. The average molecular weight is 500 g/mol. The van der Waals surface area contributed by atoms with Crippen LogP contribution in [-0.4, -0.2) is 60.9 Å². The molecule has 5 amide bonds. The van der Waals surface area contributed by atoms with Gasteiger partial charge in [-0.2, -0.15) is 0 Å². The number of hydrogen-bond acceptors (Lipinski definition) is 5. The number of urea groups is 1. The van der Waals surface area contributed by atoms with Gasteiger partial charge in [0, 0.05) is 12.5 Å². The van der Waals surface area contributed by atoms with E-state index >= 15 is 0 Å². The predicted octanol–water partition coefficient (Wildman–Crippen LogP) is 2.29. The molecule has 0 unspecified atom stereocenters. The summed E-state index contributed by atoms with van der Waals surface area (Å²) in [5.74, 6) is -1.17. The molecular weight excluding hydrogens is 458 g/mol. The lowest BCUT2D eigenvalue weighted by Crippen LogP contribution is -2.61.